The van der Waals surface area contributed by atoms with Crippen LogP contribution in [-0.2, 0) is 0 Å². The smallest absolute Gasteiger partial charge is 0.123 e. The van der Waals surface area contributed by atoms with E-state index in [1.54, 1.807) is 12.1 Å². The number of hydrogen-bond donors (Lipinski definition) is 2. The van der Waals surface area contributed by atoms with Gasteiger partial charge in [-0.3, -0.25) is 0 Å². The molecule has 13 heavy (non-hydrogen) atoms. The first-order valence-electron chi connectivity index (χ1n) is 4.39. The van der Waals surface area contributed by atoms with Crippen LogP contribution in [0.5, 0.6) is 0 Å². The van der Waals surface area contributed by atoms with Crippen LogP contribution in [-0.4, -0.2) is 17.8 Å². The van der Waals surface area contributed by atoms with E-state index in [1.165, 1.54) is 12.1 Å². The lowest BCUT2D eigenvalue weighted by molar-refractivity contribution is 0.272. The van der Waals surface area contributed by atoms with Gasteiger partial charge in [-0.1, -0.05) is 6.92 Å². The maximum Gasteiger partial charge on any atom is 0.123 e. The van der Waals surface area contributed by atoms with E-state index >= 15 is 0 Å². The molecule has 1 rings (SSSR count). The highest BCUT2D eigenvalue weighted by Crippen LogP contribution is 2.10. The number of nitrogens with one attached hydrogen (secondary N) is 1. The van der Waals surface area contributed by atoms with Crippen LogP contribution in [0.3, 0.4) is 0 Å². The predicted molar refractivity (Wildman–Crippen MR) is 51.2 cm³/mol. The topological polar surface area (TPSA) is 32.3 Å². The van der Waals surface area contributed by atoms with E-state index in [4.69, 9.17) is 5.11 Å². The molecule has 1 unspecified atom stereocenters. The molecule has 0 fully saturated rings. The second kappa shape index (κ2) is 4.82. The molecule has 2 nitrogen and oxygen atoms in total. The van der Waals surface area contributed by atoms with E-state index < -0.39 is 0 Å². The molecule has 1 atom stereocenters. The van der Waals surface area contributed by atoms with Crippen molar-refractivity contribution in [1.82, 2.24) is 0 Å². The Morgan fingerprint density at radius 2 is 2.00 bits per heavy atom. The number of halogens is 1. The quantitative estimate of drug-likeness (QED) is 0.748. The van der Waals surface area contributed by atoms with Gasteiger partial charge >= 0.3 is 0 Å². The molecule has 1 aromatic rings. The molecule has 0 amide bonds. The van der Waals surface area contributed by atoms with Gasteiger partial charge in [0.25, 0.3) is 0 Å². The van der Waals surface area contributed by atoms with Gasteiger partial charge in [0.2, 0.25) is 0 Å². The molecule has 0 saturated carbocycles. The van der Waals surface area contributed by atoms with E-state index in [0.29, 0.717) is 0 Å². The normalized spacial score (nSPS) is 12.5. The number of anilines is 1. The van der Waals surface area contributed by atoms with Crippen LogP contribution < -0.4 is 5.32 Å². The molecule has 0 radical (unpaired) electrons. The Kier molecular flexibility index (Phi) is 3.71. The van der Waals surface area contributed by atoms with Crippen molar-refractivity contribution in [2.45, 2.75) is 19.4 Å². The van der Waals surface area contributed by atoms with Crippen molar-refractivity contribution in [2.75, 3.05) is 11.9 Å². The summed E-state index contributed by atoms with van der Waals surface area (Å²) < 4.78 is 12.5. The van der Waals surface area contributed by atoms with E-state index in [9.17, 15) is 4.39 Å². The highest BCUT2D eigenvalue weighted by Gasteiger charge is 2.03. The van der Waals surface area contributed by atoms with E-state index in [1.807, 2.05) is 6.92 Å². The average Bonchev–Trinajstić information content (AvgIpc) is 2.17. The zero-order valence-corrected chi connectivity index (χ0v) is 7.63. The first-order chi connectivity index (χ1) is 6.26. The van der Waals surface area contributed by atoms with Crippen molar-refractivity contribution in [3.63, 3.8) is 0 Å². The number of aliphatic hydroxyl groups is 1. The fourth-order valence-corrected chi connectivity index (χ4v) is 1.06. The summed E-state index contributed by atoms with van der Waals surface area (Å²) in [6.07, 6.45) is 0.841. The van der Waals surface area contributed by atoms with Gasteiger partial charge in [-0.15, -0.1) is 0 Å². The highest BCUT2D eigenvalue weighted by molar-refractivity contribution is 5.43. The maximum absolute atomic E-state index is 12.5. The largest absolute Gasteiger partial charge is 0.394 e. The summed E-state index contributed by atoms with van der Waals surface area (Å²) in [5.41, 5.74) is 0.835. The minimum Gasteiger partial charge on any atom is -0.394 e. The second-order valence-corrected chi connectivity index (χ2v) is 2.94. The zero-order chi connectivity index (χ0) is 9.68. The molecule has 72 valence electrons. The van der Waals surface area contributed by atoms with Gasteiger partial charge < -0.3 is 10.4 Å². The Morgan fingerprint density at radius 3 is 2.46 bits per heavy atom. The third kappa shape index (κ3) is 3.03. The third-order valence-corrected chi connectivity index (χ3v) is 1.93. The fourth-order valence-electron chi connectivity index (χ4n) is 1.06. The minimum absolute atomic E-state index is 0.0467. The molecular weight excluding hydrogens is 169 g/mol. The fraction of sp³-hybridized carbons (Fsp3) is 0.400. The van der Waals surface area contributed by atoms with Crippen LogP contribution in [0, 0.1) is 5.82 Å². The van der Waals surface area contributed by atoms with Gasteiger partial charge in [0.1, 0.15) is 5.82 Å². The van der Waals surface area contributed by atoms with Gasteiger partial charge in [-0.05, 0) is 30.7 Å². The predicted octanol–water partition coefficient (Wildman–Crippen LogP) is 2.01. The van der Waals surface area contributed by atoms with Gasteiger partial charge in [0.15, 0.2) is 0 Å². The lowest BCUT2D eigenvalue weighted by atomic mass is 10.2. The monoisotopic (exact) mass is 183 g/mol. The van der Waals surface area contributed by atoms with Crippen LogP contribution in [0.4, 0.5) is 10.1 Å². The molecule has 0 aliphatic carbocycles. The van der Waals surface area contributed by atoms with E-state index in [0.717, 1.165) is 12.1 Å². The molecule has 0 saturated heterocycles. The number of aliphatic hydroxyl groups excluding tert-OH is 1. The van der Waals surface area contributed by atoms with Crippen molar-refractivity contribution in [2.24, 2.45) is 0 Å². The molecule has 2 N–H and O–H groups in total. The van der Waals surface area contributed by atoms with Crippen molar-refractivity contribution in [3.05, 3.63) is 30.1 Å². The Bertz CT molecular complexity index is 244. The molecule has 0 aliphatic heterocycles. The zero-order valence-electron chi connectivity index (χ0n) is 7.63. The first-order valence-corrected chi connectivity index (χ1v) is 4.39. The minimum atomic E-state index is -0.248. The standard InChI is InChI=1S/C10H14FNO/c1-2-9(7-13)12-10-5-3-8(11)4-6-10/h3-6,9,12-13H,2,7H2,1H3. The van der Waals surface area contributed by atoms with Crippen molar-refractivity contribution >= 4 is 5.69 Å². The third-order valence-electron chi connectivity index (χ3n) is 1.93. The molecule has 0 aromatic heterocycles. The van der Waals surface area contributed by atoms with Crippen molar-refractivity contribution in [3.8, 4) is 0 Å². The number of rotatable bonds is 4. The molecule has 0 aliphatic rings. The van der Waals surface area contributed by atoms with Gasteiger partial charge in [-0.2, -0.15) is 0 Å². The lowest BCUT2D eigenvalue weighted by Gasteiger charge is -2.14. The van der Waals surface area contributed by atoms with Crippen LogP contribution in [0.25, 0.3) is 0 Å². The summed E-state index contributed by atoms with van der Waals surface area (Å²) in [6.45, 7) is 2.07. The van der Waals surface area contributed by atoms with Gasteiger partial charge in [-0.25, -0.2) is 4.39 Å². The van der Waals surface area contributed by atoms with E-state index in [2.05, 4.69) is 5.32 Å². The summed E-state index contributed by atoms with van der Waals surface area (Å²) in [4.78, 5) is 0. The van der Waals surface area contributed by atoms with Crippen molar-refractivity contribution < 1.29 is 9.50 Å². The summed E-state index contributed by atoms with van der Waals surface area (Å²) >= 11 is 0. The summed E-state index contributed by atoms with van der Waals surface area (Å²) in [5.74, 6) is -0.248. The molecule has 1 aromatic carbocycles. The number of hydrogen-bond acceptors (Lipinski definition) is 2. The van der Waals surface area contributed by atoms with E-state index in [-0.39, 0.29) is 18.5 Å². The van der Waals surface area contributed by atoms with Gasteiger partial charge in [0, 0.05) is 11.7 Å². The second-order valence-electron chi connectivity index (χ2n) is 2.94. The summed E-state index contributed by atoms with van der Waals surface area (Å²) in [5, 5.41) is 12.0. The Labute approximate surface area is 77.4 Å². The highest BCUT2D eigenvalue weighted by atomic mass is 19.1. The molecule has 0 bridgehead atoms. The maximum atomic E-state index is 12.5. The molecule has 0 spiro atoms. The summed E-state index contributed by atoms with van der Waals surface area (Å²) in [6, 6.07) is 6.16. The average molecular weight is 183 g/mol. The van der Waals surface area contributed by atoms with Crippen LogP contribution in [0.1, 0.15) is 13.3 Å². The first kappa shape index (κ1) is 9.99. The molecule has 0 heterocycles. The lowest BCUT2D eigenvalue weighted by Crippen LogP contribution is -2.22. The molecule has 3 heteroatoms. The SMILES string of the molecule is CCC(CO)Nc1ccc(F)cc1. The Hall–Kier alpha value is -1.09. The summed E-state index contributed by atoms with van der Waals surface area (Å²) in [7, 11) is 0. The number of benzene rings is 1. The van der Waals surface area contributed by atoms with Crippen molar-refractivity contribution in [1.29, 1.82) is 0 Å². The molecular formula is C10H14FNO. The van der Waals surface area contributed by atoms with Crippen LogP contribution in [0.15, 0.2) is 24.3 Å². The van der Waals surface area contributed by atoms with Crippen LogP contribution in [0.2, 0.25) is 0 Å². The Balaban J connectivity index is 2.58. The van der Waals surface area contributed by atoms with Crippen LogP contribution >= 0.6 is 0 Å². The van der Waals surface area contributed by atoms with Gasteiger partial charge in [0.05, 0.1) is 6.61 Å². The Morgan fingerprint density at radius 1 is 1.38 bits per heavy atom.